The van der Waals surface area contributed by atoms with Gasteiger partial charge in [-0.15, -0.1) is 24.8 Å². The van der Waals surface area contributed by atoms with Crippen molar-refractivity contribution in [3.63, 3.8) is 0 Å². The first-order valence-corrected chi connectivity index (χ1v) is 4.30. The average Bonchev–Trinajstić information content (AvgIpc) is 2.15. The molecule has 1 rings (SSSR count). The van der Waals surface area contributed by atoms with E-state index in [2.05, 4.69) is 15.0 Å². The van der Waals surface area contributed by atoms with Gasteiger partial charge in [0.05, 0.1) is 0 Å². The summed E-state index contributed by atoms with van der Waals surface area (Å²) in [5, 5.41) is 2.88. The van der Waals surface area contributed by atoms with Crippen LogP contribution in [0.5, 0.6) is 5.88 Å². The molecule has 1 N–H and O–H groups in total. The van der Waals surface area contributed by atoms with Crippen molar-refractivity contribution >= 4 is 24.8 Å². The van der Waals surface area contributed by atoms with Gasteiger partial charge in [0.2, 0.25) is 5.88 Å². The largest absolute Gasteiger partial charge is 0.468 e. The van der Waals surface area contributed by atoms with E-state index in [1.807, 2.05) is 0 Å². The Labute approximate surface area is 110 Å². The van der Waals surface area contributed by atoms with Crippen LogP contribution in [0, 0.1) is 0 Å². The molecule has 8 heteroatoms. The van der Waals surface area contributed by atoms with Crippen molar-refractivity contribution in [1.29, 1.82) is 0 Å². The minimum Gasteiger partial charge on any atom is -0.468 e. The highest BCUT2D eigenvalue weighted by Crippen LogP contribution is 2.17. The molecule has 0 aliphatic carbocycles. The van der Waals surface area contributed by atoms with Crippen molar-refractivity contribution in [2.45, 2.75) is 12.7 Å². The molecule has 1 aromatic rings. The quantitative estimate of drug-likeness (QED) is 0.926. The van der Waals surface area contributed by atoms with Crippen LogP contribution in [0.2, 0.25) is 0 Å². The maximum Gasteiger partial charge on any atom is 0.422 e. The normalized spacial score (nSPS) is 10.1. The van der Waals surface area contributed by atoms with Crippen molar-refractivity contribution < 1.29 is 17.9 Å². The van der Waals surface area contributed by atoms with Crippen LogP contribution in [-0.4, -0.2) is 24.8 Å². The third kappa shape index (κ3) is 8.06. The van der Waals surface area contributed by atoms with E-state index in [0.29, 0.717) is 6.54 Å². The van der Waals surface area contributed by atoms with E-state index in [1.54, 1.807) is 13.1 Å². The molecule has 0 bridgehead atoms. The van der Waals surface area contributed by atoms with E-state index in [4.69, 9.17) is 0 Å². The number of rotatable bonds is 4. The SMILES string of the molecule is CNCc1ccnc(OCC(F)(F)F)c1.Cl.Cl. The molecule has 0 amide bonds. The van der Waals surface area contributed by atoms with E-state index in [-0.39, 0.29) is 30.7 Å². The second-order valence-electron chi connectivity index (χ2n) is 2.94. The van der Waals surface area contributed by atoms with Crippen molar-refractivity contribution in [2.24, 2.45) is 0 Å². The fourth-order valence-corrected chi connectivity index (χ4v) is 0.999. The van der Waals surface area contributed by atoms with Gasteiger partial charge in [-0.2, -0.15) is 13.2 Å². The maximum absolute atomic E-state index is 11.8. The summed E-state index contributed by atoms with van der Waals surface area (Å²) in [5.74, 6) is -0.0138. The summed E-state index contributed by atoms with van der Waals surface area (Å²) in [5.41, 5.74) is 0.824. The van der Waals surface area contributed by atoms with Crippen LogP contribution >= 0.6 is 24.8 Å². The number of alkyl halides is 3. The average molecular weight is 293 g/mol. The zero-order chi connectivity index (χ0) is 11.3. The first kappa shape index (κ1) is 18.6. The van der Waals surface area contributed by atoms with Gasteiger partial charge in [-0.3, -0.25) is 0 Å². The van der Waals surface area contributed by atoms with E-state index in [9.17, 15) is 13.2 Å². The van der Waals surface area contributed by atoms with Gasteiger partial charge in [-0.05, 0) is 18.7 Å². The van der Waals surface area contributed by atoms with Crippen molar-refractivity contribution in [2.75, 3.05) is 13.7 Å². The first-order valence-electron chi connectivity index (χ1n) is 4.30. The summed E-state index contributed by atoms with van der Waals surface area (Å²) in [6, 6.07) is 3.18. The molecule has 0 radical (unpaired) electrons. The number of hydrogen-bond donors (Lipinski definition) is 1. The van der Waals surface area contributed by atoms with Crippen molar-refractivity contribution in [1.82, 2.24) is 10.3 Å². The minimum absolute atomic E-state index is 0. The predicted molar refractivity (Wildman–Crippen MR) is 63.0 cm³/mol. The minimum atomic E-state index is -4.33. The van der Waals surface area contributed by atoms with Crippen LogP contribution in [0.3, 0.4) is 0 Å². The number of halogens is 5. The van der Waals surface area contributed by atoms with Gasteiger partial charge < -0.3 is 10.1 Å². The monoisotopic (exact) mass is 292 g/mol. The van der Waals surface area contributed by atoms with Crippen LogP contribution in [0.25, 0.3) is 0 Å². The molecule has 0 saturated heterocycles. The summed E-state index contributed by atoms with van der Waals surface area (Å²) >= 11 is 0. The molecule has 0 unspecified atom stereocenters. The zero-order valence-corrected chi connectivity index (χ0v) is 10.6. The lowest BCUT2D eigenvalue weighted by atomic mass is 10.3. The Bertz CT molecular complexity index is 323. The maximum atomic E-state index is 11.8. The van der Waals surface area contributed by atoms with E-state index >= 15 is 0 Å². The predicted octanol–water partition coefficient (Wildman–Crippen LogP) is 2.59. The van der Waals surface area contributed by atoms with Crippen LogP contribution in [-0.2, 0) is 6.54 Å². The van der Waals surface area contributed by atoms with Crippen molar-refractivity contribution in [3.8, 4) is 5.88 Å². The lowest BCUT2D eigenvalue weighted by molar-refractivity contribution is -0.154. The molecular weight excluding hydrogens is 280 g/mol. The molecule has 0 fully saturated rings. The molecule has 0 aliphatic heterocycles. The van der Waals surface area contributed by atoms with E-state index in [1.165, 1.54) is 12.3 Å². The Balaban J connectivity index is 0. The highest BCUT2D eigenvalue weighted by Gasteiger charge is 2.28. The molecule has 0 atom stereocenters. The zero-order valence-electron chi connectivity index (χ0n) is 8.95. The summed E-state index contributed by atoms with van der Waals surface area (Å²) in [6.07, 6.45) is -2.92. The second kappa shape index (κ2) is 8.38. The Kier molecular flexibility index (Phi) is 9.19. The summed E-state index contributed by atoms with van der Waals surface area (Å²) < 4.78 is 40.0. The highest BCUT2D eigenvalue weighted by atomic mass is 35.5. The van der Waals surface area contributed by atoms with Crippen LogP contribution in [0.15, 0.2) is 18.3 Å². The van der Waals surface area contributed by atoms with Gasteiger partial charge in [-0.1, -0.05) is 0 Å². The van der Waals surface area contributed by atoms with E-state index < -0.39 is 12.8 Å². The third-order valence-electron chi connectivity index (χ3n) is 1.56. The molecule has 1 heterocycles. The molecule has 1 aromatic heterocycles. The number of nitrogens with zero attached hydrogens (tertiary/aromatic N) is 1. The molecule has 0 spiro atoms. The number of pyridine rings is 1. The standard InChI is InChI=1S/C9H11F3N2O.2ClH/c1-13-5-7-2-3-14-8(4-7)15-6-9(10,11)12;;/h2-4,13H,5-6H2,1H3;2*1H. The molecule has 17 heavy (non-hydrogen) atoms. The molecule has 0 aromatic carbocycles. The number of hydrogen-bond acceptors (Lipinski definition) is 3. The van der Waals surface area contributed by atoms with Gasteiger partial charge in [0.1, 0.15) is 0 Å². The van der Waals surface area contributed by atoms with Gasteiger partial charge in [0, 0.05) is 18.8 Å². The fraction of sp³-hybridized carbons (Fsp3) is 0.444. The molecular formula is C9H13Cl2F3N2O. The smallest absolute Gasteiger partial charge is 0.422 e. The van der Waals surface area contributed by atoms with Crippen LogP contribution < -0.4 is 10.1 Å². The second-order valence-corrected chi connectivity index (χ2v) is 2.94. The van der Waals surface area contributed by atoms with Gasteiger partial charge in [-0.25, -0.2) is 4.98 Å². The Morgan fingerprint density at radius 2 is 2.00 bits per heavy atom. The van der Waals surface area contributed by atoms with Crippen LogP contribution in [0.1, 0.15) is 5.56 Å². The Morgan fingerprint density at radius 1 is 1.35 bits per heavy atom. The summed E-state index contributed by atoms with van der Waals surface area (Å²) in [6.45, 7) is -0.756. The molecule has 3 nitrogen and oxygen atoms in total. The number of nitrogens with one attached hydrogen (secondary N) is 1. The topological polar surface area (TPSA) is 34.2 Å². The Hall–Kier alpha value is -0.720. The number of aromatic nitrogens is 1. The fourth-order valence-electron chi connectivity index (χ4n) is 0.999. The molecule has 0 saturated carbocycles. The third-order valence-corrected chi connectivity index (χ3v) is 1.56. The summed E-state index contributed by atoms with van der Waals surface area (Å²) in [4.78, 5) is 3.67. The molecule has 100 valence electrons. The Morgan fingerprint density at radius 3 is 2.53 bits per heavy atom. The van der Waals surface area contributed by atoms with Gasteiger partial charge in [0.25, 0.3) is 0 Å². The van der Waals surface area contributed by atoms with Gasteiger partial charge in [0.15, 0.2) is 6.61 Å². The lowest BCUT2D eigenvalue weighted by Gasteiger charge is -2.08. The van der Waals surface area contributed by atoms with Gasteiger partial charge >= 0.3 is 6.18 Å². The number of ether oxygens (including phenoxy) is 1. The first-order chi connectivity index (χ1) is 7.01. The van der Waals surface area contributed by atoms with Crippen LogP contribution in [0.4, 0.5) is 13.2 Å². The highest BCUT2D eigenvalue weighted by molar-refractivity contribution is 5.85. The molecule has 0 aliphatic rings. The lowest BCUT2D eigenvalue weighted by Crippen LogP contribution is -2.19. The van der Waals surface area contributed by atoms with E-state index in [0.717, 1.165) is 5.56 Å². The summed E-state index contributed by atoms with van der Waals surface area (Å²) in [7, 11) is 1.75. The van der Waals surface area contributed by atoms with Crippen molar-refractivity contribution in [3.05, 3.63) is 23.9 Å².